The summed E-state index contributed by atoms with van der Waals surface area (Å²) in [6, 6.07) is 5.91. The van der Waals surface area contributed by atoms with Gasteiger partial charge in [-0.05, 0) is 12.1 Å². The number of non-ortho nitro benzene ring substituents is 1. The summed E-state index contributed by atoms with van der Waals surface area (Å²) in [4.78, 5) is 10.1. The number of nitrogens with zero attached hydrogens (tertiary/aromatic N) is 1. The van der Waals surface area contributed by atoms with E-state index in [9.17, 15) is 10.1 Å². The molecule has 1 rings (SSSR count). The first kappa shape index (κ1) is 24.2. The quantitative estimate of drug-likeness (QED) is 0.205. The fourth-order valence-electron chi connectivity index (χ4n) is 1.95. The molecule has 1 aromatic rings. The maximum atomic E-state index is 10.6. The molecule has 0 saturated heterocycles. The van der Waals surface area contributed by atoms with Crippen LogP contribution in [0.4, 0.5) is 5.69 Å². The number of hydrogen-bond donors (Lipinski definition) is 1. The minimum atomic E-state index is -0.451. The Balaban J connectivity index is 1.79. The van der Waals surface area contributed by atoms with Crippen LogP contribution < -0.4 is 10.5 Å². The predicted octanol–water partition coefficient (Wildman–Crippen LogP) is 1.02. The minimum Gasteiger partial charge on any atom is -0.491 e. The van der Waals surface area contributed by atoms with Gasteiger partial charge in [-0.25, -0.2) is 0 Å². The average Bonchev–Trinajstić information content (AvgIpc) is 2.70. The topological polar surface area (TPSA) is 125 Å². The Morgan fingerprint density at radius 3 is 1.46 bits per heavy atom. The van der Waals surface area contributed by atoms with E-state index in [-0.39, 0.29) is 5.69 Å². The third kappa shape index (κ3) is 13.4. The number of nitro benzene ring substituents is 1. The van der Waals surface area contributed by atoms with Crippen molar-refractivity contribution in [2.24, 2.45) is 5.73 Å². The second-order valence-corrected chi connectivity index (χ2v) is 5.45. The maximum absolute atomic E-state index is 10.6. The van der Waals surface area contributed by atoms with Crippen molar-refractivity contribution in [3.05, 3.63) is 34.4 Å². The van der Waals surface area contributed by atoms with Crippen molar-refractivity contribution in [1.29, 1.82) is 0 Å². The minimum absolute atomic E-state index is 0.0326. The molecule has 28 heavy (non-hydrogen) atoms. The van der Waals surface area contributed by atoms with Gasteiger partial charge in [0.25, 0.3) is 5.69 Å². The van der Waals surface area contributed by atoms with Gasteiger partial charge >= 0.3 is 0 Å². The van der Waals surface area contributed by atoms with Gasteiger partial charge in [0, 0.05) is 18.7 Å². The molecule has 0 fully saturated rings. The lowest BCUT2D eigenvalue weighted by Gasteiger charge is -2.08. The lowest BCUT2D eigenvalue weighted by atomic mass is 10.3. The molecular weight excluding hydrogens is 372 g/mol. The third-order valence-electron chi connectivity index (χ3n) is 3.29. The molecule has 0 aliphatic rings. The second-order valence-electron chi connectivity index (χ2n) is 5.45. The zero-order chi connectivity index (χ0) is 20.3. The molecule has 0 aliphatic heterocycles. The van der Waals surface area contributed by atoms with Gasteiger partial charge in [0.1, 0.15) is 12.4 Å². The van der Waals surface area contributed by atoms with Crippen LogP contribution in [-0.2, 0) is 23.7 Å². The normalized spacial score (nSPS) is 10.9. The number of ether oxygens (including phenoxy) is 6. The smallest absolute Gasteiger partial charge is 0.269 e. The molecule has 0 aliphatic carbocycles. The molecule has 10 nitrogen and oxygen atoms in total. The molecule has 0 unspecified atom stereocenters. The Bertz CT molecular complexity index is 501. The molecule has 0 amide bonds. The van der Waals surface area contributed by atoms with E-state index in [2.05, 4.69) is 0 Å². The summed E-state index contributed by atoms with van der Waals surface area (Å²) in [6.45, 7) is 5.84. The van der Waals surface area contributed by atoms with Gasteiger partial charge in [-0.1, -0.05) is 0 Å². The Kier molecular flexibility index (Phi) is 15.0. The van der Waals surface area contributed by atoms with Gasteiger partial charge in [-0.2, -0.15) is 0 Å². The first-order valence-corrected chi connectivity index (χ1v) is 9.20. The summed E-state index contributed by atoms with van der Waals surface area (Å²) in [6.07, 6.45) is 0. The summed E-state index contributed by atoms with van der Waals surface area (Å²) in [5.41, 5.74) is 5.33. The number of benzene rings is 1. The number of nitrogens with two attached hydrogens (primary N) is 1. The van der Waals surface area contributed by atoms with Gasteiger partial charge in [-0.15, -0.1) is 0 Å². The van der Waals surface area contributed by atoms with Crippen molar-refractivity contribution < 1.29 is 33.3 Å². The van der Waals surface area contributed by atoms with Gasteiger partial charge in [0.2, 0.25) is 0 Å². The van der Waals surface area contributed by atoms with Gasteiger partial charge in [0.05, 0.1) is 71.0 Å². The molecule has 0 aromatic heterocycles. The Hall–Kier alpha value is -1.82. The molecule has 0 radical (unpaired) electrons. The molecule has 160 valence electrons. The van der Waals surface area contributed by atoms with Gasteiger partial charge in [-0.3, -0.25) is 10.1 Å². The lowest BCUT2D eigenvalue weighted by molar-refractivity contribution is -0.384. The van der Waals surface area contributed by atoms with Crippen LogP contribution in [0.2, 0.25) is 0 Å². The number of rotatable bonds is 19. The van der Waals surface area contributed by atoms with Crippen LogP contribution in [0.25, 0.3) is 0 Å². The van der Waals surface area contributed by atoms with Crippen LogP contribution in [0, 0.1) is 10.1 Å². The second kappa shape index (κ2) is 17.3. The Morgan fingerprint density at radius 1 is 0.679 bits per heavy atom. The average molecular weight is 402 g/mol. The maximum Gasteiger partial charge on any atom is 0.269 e. The molecule has 0 heterocycles. The van der Waals surface area contributed by atoms with E-state index in [0.29, 0.717) is 85.0 Å². The zero-order valence-electron chi connectivity index (χ0n) is 16.1. The van der Waals surface area contributed by atoms with E-state index in [1.807, 2.05) is 0 Å². The third-order valence-corrected chi connectivity index (χ3v) is 3.29. The van der Waals surface area contributed by atoms with Crippen molar-refractivity contribution in [3.63, 3.8) is 0 Å². The summed E-state index contributed by atoms with van der Waals surface area (Å²) < 4.78 is 32.0. The highest BCUT2D eigenvalue weighted by Gasteiger charge is 2.04. The van der Waals surface area contributed by atoms with E-state index in [1.165, 1.54) is 12.1 Å². The van der Waals surface area contributed by atoms with E-state index in [4.69, 9.17) is 34.2 Å². The molecule has 0 atom stereocenters. The summed E-state index contributed by atoms with van der Waals surface area (Å²) in [5, 5.41) is 10.6. The number of nitro groups is 1. The fraction of sp³-hybridized carbons (Fsp3) is 0.667. The van der Waals surface area contributed by atoms with Crippen molar-refractivity contribution in [3.8, 4) is 5.75 Å². The standard InChI is InChI=1S/C18H30N2O8/c19-5-6-23-7-8-24-9-10-25-11-12-26-13-14-27-15-16-28-18-3-1-17(2-4-18)20(21)22/h1-4H,5-16,19H2. The van der Waals surface area contributed by atoms with Crippen molar-refractivity contribution in [1.82, 2.24) is 0 Å². The fourth-order valence-corrected chi connectivity index (χ4v) is 1.95. The van der Waals surface area contributed by atoms with Crippen LogP contribution in [0.1, 0.15) is 0 Å². The summed E-state index contributed by atoms with van der Waals surface area (Å²) in [7, 11) is 0. The highest BCUT2D eigenvalue weighted by atomic mass is 16.6. The van der Waals surface area contributed by atoms with Crippen molar-refractivity contribution >= 4 is 5.69 Å². The van der Waals surface area contributed by atoms with Crippen LogP contribution in [0.15, 0.2) is 24.3 Å². The van der Waals surface area contributed by atoms with E-state index < -0.39 is 4.92 Å². The van der Waals surface area contributed by atoms with Gasteiger partial charge < -0.3 is 34.2 Å². The first-order chi connectivity index (χ1) is 13.7. The molecular formula is C18H30N2O8. The van der Waals surface area contributed by atoms with Crippen LogP contribution >= 0.6 is 0 Å². The first-order valence-electron chi connectivity index (χ1n) is 9.20. The van der Waals surface area contributed by atoms with Crippen LogP contribution in [-0.4, -0.2) is 84.1 Å². The highest BCUT2D eigenvalue weighted by Crippen LogP contribution is 2.16. The van der Waals surface area contributed by atoms with Crippen molar-refractivity contribution in [2.75, 3.05) is 79.2 Å². The largest absolute Gasteiger partial charge is 0.491 e. The predicted molar refractivity (Wildman–Crippen MR) is 102 cm³/mol. The Morgan fingerprint density at radius 2 is 1.07 bits per heavy atom. The van der Waals surface area contributed by atoms with E-state index >= 15 is 0 Å². The van der Waals surface area contributed by atoms with Crippen LogP contribution in [0.5, 0.6) is 5.75 Å². The highest BCUT2D eigenvalue weighted by molar-refractivity contribution is 5.35. The van der Waals surface area contributed by atoms with E-state index in [1.54, 1.807) is 12.1 Å². The molecule has 0 bridgehead atoms. The molecule has 1 aromatic carbocycles. The molecule has 2 N–H and O–H groups in total. The lowest BCUT2D eigenvalue weighted by Crippen LogP contribution is -2.15. The van der Waals surface area contributed by atoms with Gasteiger partial charge in [0.15, 0.2) is 0 Å². The Labute approximate surface area is 164 Å². The summed E-state index contributed by atoms with van der Waals surface area (Å²) in [5.74, 6) is 0.565. The van der Waals surface area contributed by atoms with Crippen LogP contribution in [0.3, 0.4) is 0 Å². The SMILES string of the molecule is NCCOCCOCCOCCOCCOCCOc1ccc([N+](=O)[O-])cc1. The molecule has 0 spiro atoms. The monoisotopic (exact) mass is 402 g/mol. The summed E-state index contributed by atoms with van der Waals surface area (Å²) >= 11 is 0. The number of hydrogen-bond acceptors (Lipinski definition) is 9. The molecule has 0 saturated carbocycles. The van der Waals surface area contributed by atoms with Crippen molar-refractivity contribution in [2.45, 2.75) is 0 Å². The van der Waals surface area contributed by atoms with E-state index in [0.717, 1.165) is 0 Å². The molecule has 10 heteroatoms. The zero-order valence-corrected chi connectivity index (χ0v) is 16.1.